The quantitative estimate of drug-likeness (QED) is 0.710. The number of carbonyl (C=O) groups is 1. The first-order valence-electron chi connectivity index (χ1n) is 4.64. The molecule has 1 atom stereocenters. The third-order valence-corrected chi connectivity index (χ3v) is 2.12. The zero-order chi connectivity index (χ0) is 12.8. The standard InChI is InChI=1S/C9H16F3NO3/c1-8(4-5-15-2,7(14)16-3)13-6-9(10,11)12/h13H,4-6H2,1-3H3. The van der Waals surface area contributed by atoms with Gasteiger partial charge in [-0.05, 0) is 13.3 Å². The van der Waals surface area contributed by atoms with Crippen LogP contribution < -0.4 is 5.32 Å². The molecular weight excluding hydrogens is 227 g/mol. The number of ether oxygens (including phenoxy) is 2. The summed E-state index contributed by atoms with van der Waals surface area (Å²) >= 11 is 0. The molecule has 0 rings (SSSR count). The summed E-state index contributed by atoms with van der Waals surface area (Å²) in [6, 6.07) is 0. The van der Waals surface area contributed by atoms with Crippen molar-refractivity contribution in [3.05, 3.63) is 0 Å². The minimum Gasteiger partial charge on any atom is -0.468 e. The van der Waals surface area contributed by atoms with E-state index >= 15 is 0 Å². The smallest absolute Gasteiger partial charge is 0.401 e. The lowest BCUT2D eigenvalue weighted by Crippen LogP contribution is -2.53. The van der Waals surface area contributed by atoms with Gasteiger partial charge in [0.1, 0.15) is 5.54 Å². The molecule has 0 aliphatic heterocycles. The van der Waals surface area contributed by atoms with Crippen LogP contribution >= 0.6 is 0 Å². The SMILES string of the molecule is COCCC(C)(NCC(F)(F)F)C(=O)OC. The Hall–Kier alpha value is -0.820. The van der Waals surface area contributed by atoms with E-state index in [2.05, 4.69) is 10.1 Å². The summed E-state index contributed by atoms with van der Waals surface area (Å²) in [5.74, 6) is -0.742. The molecule has 0 aromatic heterocycles. The number of hydrogen-bond donors (Lipinski definition) is 1. The molecule has 4 nitrogen and oxygen atoms in total. The van der Waals surface area contributed by atoms with Crippen LogP contribution in [-0.4, -0.2) is 45.1 Å². The van der Waals surface area contributed by atoms with Gasteiger partial charge in [0, 0.05) is 13.7 Å². The van der Waals surface area contributed by atoms with E-state index in [1.165, 1.54) is 14.0 Å². The van der Waals surface area contributed by atoms with E-state index in [9.17, 15) is 18.0 Å². The van der Waals surface area contributed by atoms with Gasteiger partial charge >= 0.3 is 12.1 Å². The summed E-state index contributed by atoms with van der Waals surface area (Å²) < 4.78 is 45.3. The fourth-order valence-electron chi connectivity index (χ4n) is 1.09. The molecule has 1 unspecified atom stereocenters. The van der Waals surface area contributed by atoms with E-state index in [1.807, 2.05) is 0 Å². The molecule has 1 N–H and O–H groups in total. The van der Waals surface area contributed by atoms with Gasteiger partial charge in [-0.25, -0.2) is 0 Å². The van der Waals surface area contributed by atoms with E-state index < -0.39 is 24.2 Å². The number of alkyl halides is 3. The highest BCUT2D eigenvalue weighted by Gasteiger charge is 2.38. The monoisotopic (exact) mass is 243 g/mol. The first-order chi connectivity index (χ1) is 7.25. The van der Waals surface area contributed by atoms with Crippen molar-refractivity contribution in [3.8, 4) is 0 Å². The first kappa shape index (κ1) is 15.2. The maximum Gasteiger partial charge on any atom is 0.401 e. The van der Waals surface area contributed by atoms with Gasteiger partial charge in [-0.1, -0.05) is 0 Å². The molecule has 0 bridgehead atoms. The van der Waals surface area contributed by atoms with Crippen LogP contribution in [0.3, 0.4) is 0 Å². The van der Waals surface area contributed by atoms with Crippen LogP contribution in [0, 0.1) is 0 Å². The van der Waals surface area contributed by atoms with Crippen molar-refractivity contribution in [1.82, 2.24) is 5.32 Å². The van der Waals surface area contributed by atoms with Crippen LogP contribution in [0.25, 0.3) is 0 Å². The van der Waals surface area contributed by atoms with E-state index in [0.717, 1.165) is 7.11 Å². The summed E-state index contributed by atoms with van der Waals surface area (Å²) in [6.07, 6.45) is -4.27. The molecule has 0 heterocycles. The molecule has 0 aliphatic rings. The second-order valence-corrected chi connectivity index (χ2v) is 3.54. The van der Waals surface area contributed by atoms with Crippen LogP contribution in [-0.2, 0) is 14.3 Å². The fourth-order valence-corrected chi connectivity index (χ4v) is 1.09. The van der Waals surface area contributed by atoms with Gasteiger partial charge in [0.25, 0.3) is 0 Å². The molecule has 0 aliphatic carbocycles. The highest BCUT2D eigenvalue weighted by Crippen LogP contribution is 2.17. The maximum absolute atomic E-state index is 12.0. The fraction of sp³-hybridized carbons (Fsp3) is 0.889. The second kappa shape index (κ2) is 6.05. The van der Waals surface area contributed by atoms with Crippen molar-refractivity contribution in [2.24, 2.45) is 0 Å². The number of methoxy groups -OCH3 is 2. The molecule has 0 aromatic rings. The summed E-state index contributed by atoms with van der Waals surface area (Å²) in [4.78, 5) is 11.3. The van der Waals surface area contributed by atoms with Gasteiger partial charge < -0.3 is 9.47 Å². The third kappa shape index (κ3) is 5.32. The van der Waals surface area contributed by atoms with Crippen molar-refractivity contribution in [2.75, 3.05) is 27.4 Å². The molecule has 0 radical (unpaired) electrons. The van der Waals surface area contributed by atoms with Crippen molar-refractivity contribution < 1.29 is 27.4 Å². The predicted molar refractivity (Wildman–Crippen MR) is 51.0 cm³/mol. The average Bonchev–Trinajstić information content (AvgIpc) is 2.21. The topological polar surface area (TPSA) is 47.6 Å². The lowest BCUT2D eigenvalue weighted by atomic mass is 9.98. The minimum absolute atomic E-state index is 0.103. The number of esters is 1. The lowest BCUT2D eigenvalue weighted by Gasteiger charge is -2.28. The Morgan fingerprint density at radius 3 is 2.25 bits per heavy atom. The first-order valence-corrected chi connectivity index (χ1v) is 4.64. The molecule has 96 valence electrons. The van der Waals surface area contributed by atoms with Gasteiger partial charge in [-0.2, -0.15) is 13.2 Å². The number of rotatable bonds is 6. The van der Waals surface area contributed by atoms with Crippen LogP contribution in [0.4, 0.5) is 13.2 Å². The molecule has 16 heavy (non-hydrogen) atoms. The molecule has 0 amide bonds. The Morgan fingerprint density at radius 2 is 1.88 bits per heavy atom. The Morgan fingerprint density at radius 1 is 1.31 bits per heavy atom. The molecular formula is C9H16F3NO3. The molecule has 0 spiro atoms. The van der Waals surface area contributed by atoms with Gasteiger partial charge in [-0.3, -0.25) is 10.1 Å². The Kier molecular flexibility index (Phi) is 5.74. The van der Waals surface area contributed by atoms with Gasteiger partial charge in [0.15, 0.2) is 0 Å². The molecule has 0 saturated heterocycles. The molecule has 0 aromatic carbocycles. The van der Waals surface area contributed by atoms with Crippen LogP contribution in [0.2, 0.25) is 0 Å². The van der Waals surface area contributed by atoms with Crippen molar-refractivity contribution in [3.63, 3.8) is 0 Å². The highest BCUT2D eigenvalue weighted by molar-refractivity contribution is 5.80. The molecule has 0 fully saturated rings. The number of nitrogens with one attached hydrogen (secondary N) is 1. The van der Waals surface area contributed by atoms with Crippen LogP contribution in [0.1, 0.15) is 13.3 Å². The summed E-state index contributed by atoms with van der Waals surface area (Å²) in [6.45, 7) is 0.266. The summed E-state index contributed by atoms with van der Waals surface area (Å²) in [5.41, 5.74) is -1.39. The second-order valence-electron chi connectivity index (χ2n) is 3.54. The van der Waals surface area contributed by atoms with E-state index in [-0.39, 0.29) is 13.0 Å². The number of halogens is 3. The lowest BCUT2D eigenvalue weighted by molar-refractivity contribution is -0.153. The summed E-state index contributed by atoms with van der Waals surface area (Å²) in [5, 5.41) is 2.14. The Labute approximate surface area is 92.1 Å². The normalized spacial score (nSPS) is 15.6. The van der Waals surface area contributed by atoms with Gasteiger partial charge in [0.05, 0.1) is 13.7 Å². The minimum atomic E-state index is -4.37. The predicted octanol–water partition coefficient (Wildman–Crippen LogP) is 1.11. The van der Waals surface area contributed by atoms with E-state index in [4.69, 9.17) is 4.74 Å². The van der Waals surface area contributed by atoms with Crippen molar-refractivity contribution in [1.29, 1.82) is 0 Å². The summed E-state index contributed by atoms with van der Waals surface area (Å²) in [7, 11) is 2.53. The zero-order valence-electron chi connectivity index (χ0n) is 9.48. The van der Waals surface area contributed by atoms with E-state index in [0.29, 0.717) is 0 Å². The van der Waals surface area contributed by atoms with Crippen molar-refractivity contribution in [2.45, 2.75) is 25.1 Å². The Bertz CT molecular complexity index is 233. The number of hydrogen-bond acceptors (Lipinski definition) is 4. The molecule has 0 saturated carbocycles. The van der Waals surface area contributed by atoms with Crippen molar-refractivity contribution >= 4 is 5.97 Å². The third-order valence-electron chi connectivity index (χ3n) is 2.12. The van der Waals surface area contributed by atoms with Crippen LogP contribution in [0.15, 0.2) is 0 Å². The largest absolute Gasteiger partial charge is 0.468 e. The Balaban J connectivity index is 4.47. The molecule has 7 heteroatoms. The highest BCUT2D eigenvalue weighted by atomic mass is 19.4. The average molecular weight is 243 g/mol. The zero-order valence-corrected chi connectivity index (χ0v) is 9.48. The number of carbonyl (C=O) groups excluding carboxylic acids is 1. The van der Waals surface area contributed by atoms with E-state index in [1.54, 1.807) is 0 Å². The van der Waals surface area contributed by atoms with Crippen LogP contribution in [0.5, 0.6) is 0 Å². The van der Waals surface area contributed by atoms with Gasteiger partial charge in [0.2, 0.25) is 0 Å². The maximum atomic E-state index is 12.0. The van der Waals surface area contributed by atoms with Gasteiger partial charge in [-0.15, -0.1) is 0 Å².